The molecule has 0 radical (unpaired) electrons. The minimum atomic E-state index is -1.54. The molecule has 0 bridgehead atoms. The van der Waals surface area contributed by atoms with Gasteiger partial charge in [0, 0.05) is 0 Å². The SMILES string of the molecule is CC(NC(=O)Nc1cncnc1)(C(=O)O)c1ccccc1. The third-order valence-corrected chi connectivity index (χ3v) is 2.96. The number of urea groups is 1. The molecule has 0 saturated heterocycles. The highest BCUT2D eigenvalue weighted by molar-refractivity contribution is 5.94. The zero-order valence-corrected chi connectivity index (χ0v) is 11.3. The Bertz CT molecular complexity index is 633. The number of aliphatic carboxylic acids is 1. The molecule has 2 rings (SSSR count). The van der Waals surface area contributed by atoms with Gasteiger partial charge in [0.05, 0.1) is 18.1 Å². The average molecular weight is 286 g/mol. The molecule has 0 aliphatic heterocycles. The second-order valence-corrected chi connectivity index (χ2v) is 4.50. The van der Waals surface area contributed by atoms with Gasteiger partial charge in [-0.1, -0.05) is 30.3 Å². The van der Waals surface area contributed by atoms with Crippen LogP contribution in [0.1, 0.15) is 12.5 Å². The Morgan fingerprint density at radius 2 is 1.76 bits per heavy atom. The first-order chi connectivity index (χ1) is 10.0. The Morgan fingerprint density at radius 3 is 2.33 bits per heavy atom. The maximum absolute atomic E-state index is 12.0. The topological polar surface area (TPSA) is 104 Å². The van der Waals surface area contributed by atoms with Crippen molar-refractivity contribution in [3.63, 3.8) is 0 Å². The van der Waals surface area contributed by atoms with Crippen molar-refractivity contribution >= 4 is 17.7 Å². The van der Waals surface area contributed by atoms with Crippen LogP contribution in [-0.2, 0) is 10.3 Å². The predicted octanol–water partition coefficient (Wildman–Crippen LogP) is 1.60. The van der Waals surface area contributed by atoms with E-state index >= 15 is 0 Å². The number of rotatable bonds is 4. The summed E-state index contributed by atoms with van der Waals surface area (Å²) in [6, 6.07) is 7.81. The fourth-order valence-corrected chi connectivity index (χ4v) is 1.77. The maximum Gasteiger partial charge on any atom is 0.333 e. The van der Waals surface area contributed by atoms with E-state index in [9.17, 15) is 14.7 Å². The normalized spacial score (nSPS) is 13.0. The molecule has 0 aliphatic carbocycles. The van der Waals surface area contributed by atoms with Crippen molar-refractivity contribution in [3.05, 3.63) is 54.6 Å². The van der Waals surface area contributed by atoms with Crippen molar-refractivity contribution in [1.82, 2.24) is 15.3 Å². The number of amides is 2. The number of anilines is 1. The summed E-state index contributed by atoms with van der Waals surface area (Å²) in [5.41, 5.74) is -0.700. The average Bonchev–Trinajstić information content (AvgIpc) is 2.48. The zero-order chi connectivity index (χ0) is 15.3. The Balaban J connectivity index is 2.17. The Labute approximate surface area is 121 Å². The number of hydrogen-bond acceptors (Lipinski definition) is 4. The number of carboxylic acids is 1. The fraction of sp³-hybridized carbons (Fsp3) is 0.143. The second-order valence-electron chi connectivity index (χ2n) is 4.50. The summed E-state index contributed by atoms with van der Waals surface area (Å²) in [6.07, 6.45) is 4.15. The summed E-state index contributed by atoms with van der Waals surface area (Å²) in [6.45, 7) is 1.42. The smallest absolute Gasteiger partial charge is 0.333 e. The van der Waals surface area contributed by atoms with Gasteiger partial charge in [0.25, 0.3) is 0 Å². The van der Waals surface area contributed by atoms with E-state index in [2.05, 4.69) is 20.6 Å². The van der Waals surface area contributed by atoms with E-state index in [0.29, 0.717) is 11.3 Å². The van der Waals surface area contributed by atoms with E-state index < -0.39 is 17.5 Å². The van der Waals surface area contributed by atoms with Gasteiger partial charge in [-0.05, 0) is 12.5 Å². The lowest BCUT2D eigenvalue weighted by Gasteiger charge is -2.26. The lowest BCUT2D eigenvalue weighted by Crippen LogP contribution is -2.51. The number of nitrogens with one attached hydrogen (secondary N) is 2. The molecule has 3 N–H and O–H groups in total. The summed E-state index contributed by atoms with van der Waals surface area (Å²) in [4.78, 5) is 31.0. The molecule has 0 saturated carbocycles. The maximum atomic E-state index is 12.0. The highest BCUT2D eigenvalue weighted by atomic mass is 16.4. The number of benzene rings is 1. The molecule has 1 aromatic carbocycles. The summed E-state index contributed by atoms with van der Waals surface area (Å²) >= 11 is 0. The monoisotopic (exact) mass is 286 g/mol. The van der Waals surface area contributed by atoms with Crippen LogP contribution in [0.3, 0.4) is 0 Å². The fourth-order valence-electron chi connectivity index (χ4n) is 1.77. The van der Waals surface area contributed by atoms with E-state index in [1.807, 2.05) is 0 Å². The van der Waals surface area contributed by atoms with Crippen molar-refractivity contribution in [1.29, 1.82) is 0 Å². The Kier molecular flexibility index (Phi) is 4.13. The minimum Gasteiger partial charge on any atom is -0.479 e. The molecule has 2 amide bonds. The van der Waals surface area contributed by atoms with Gasteiger partial charge in [0.2, 0.25) is 0 Å². The zero-order valence-electron chi connectivity index (χ0n) is 11.3. The predicted molar refractivity (Wildman–Crippen MR) is 75.6 cm³/mol. The number of hydrogen-bond donors (Lipinski definition) is 3. The Hall–Kier alpha value is -2.96. The van der Waals surface area contributed by atoms with Gasteiger partial charge < -0.3 is 15.7 Å². The van der Waals surface area contributed by atoms with Gasteiger partial charge in [0.15, 0.2) is 5.54 Å². The van der Waals surface area contributed by atoms with Crippen LogP contribution in [0.4, 0.5) is 10.5 Å². The number of carbonyl (C=O) groups is 2. The van der Waals surface area contributed by atoms with Crippen LogP contribution in [0, 0.1) is 0 Å². The molecule has 7 nitrogen and oxygen atoms in total. The first-order valence-electron chi connectivity index (χ1n) is 6.15. The van der Waals surface area contributed by atoms with E-state index in [1.54, 1.807) is 30.3 Å². The number of carbonyl (C=O) groups excluding carboxylic acids is 1. The van der Waals surface area contributed by atoms with Crippen molar-refractivity contribution < 1.29 is 14.7 Å². The molecule has 108 valence electrons. The molecule has 0 aliphatic rings. The molecular formula is C14H14N4O3. The van der Waals surface area contributed by atoms with E-state index in [-0.39, 0.29) is 0 Å². The molecule has 1 unspecified atom stereocenters. The van der Waals surface area contributed by atoms with Crippen LogP contribution in [0.25, 0.3) is 0 Å². The van der Waals surface area contributed by atoms with Crippen molar-refractivity contribution in [3.8, 4) is 0 Å². The van der Waals surface area contributed by atoms with Gasteiger partial charge in [-0.3, -0.25) is 0 Å². The van der Waals surface area contributed by atoms with Gasteiger partial charge in [-0.25, -0.2) is 19.6 Å². The lowest BCUT2D eigenvalue weighted by molar-refractivity contribution is -0.144. The van der Waals surface area contributed by atoms with Crippen LogP contribution >= 0.6 is 0 Å². The van der Waals surface area contributed by atoms with E-state index in [0.717, 1.165) is 0 Å². The minimum absolute atomic E-state index is 0.371. The summed E-state index contributed by atoms with van der Waals surface area (Å²) < 4.78 is 0. The van der Waals surface area contributed by atoms with E-state index in [4.69, 9.17) is 0 Å². The van der Waals surface area contributed by atoms with Crippen molar-refractivity contribution in [2.45, 2.75) is 12.5 Å². The highest BCUT2D eigenvalue weighted by Crippen LogP contribution is 2.21. The van der Waals surface area contributed by atoms with Crippen molar-refractivity contribution in [2.75, 3.05) is 5.32 Å². The largest absolute Gasteiger partial charge is 0.479 e. The van der Waals surface area contributed by atoms with Gasteiger partial charge >= 0.3 is 12.0 Å². The van der Waals surface area contributed by atoms with Crippen LogP contribution < -0.4 is 10.6 Å². The van der Waals surface area contributed by atoms with Gasteiger partial charge in [-0.15, -0.1) is 0 Å². The van der Waals surface area contributed by atoms with Gasteiger partial charge in [0.1, 0.15) is 6.33 Å². The second kappa shape index (κ2) is 6.00. The van der Waals surface area contributed by atoms with Crippen LogP contribution in [0.2, 0.25) is 0 Å². The molecule has 1 atom stereocenters. The van der Waals surface area contributed by atoms with Crippen LogP contribution in [0.5, 0.6) is 0 Å². The lowest BCUT2D eigenvalue weighted by atomic mass is 9.92. The molecule has 21 heavy (non-hydrogen) atoms. The summed E-state index contributed by atoms with van der Waals surface area (Å²) in [5, 5.41) is 14.4. The van der Waals surface area contributed by atoms with Crippen LogP contribution in [0.15, 0.2) is 49.1 Å². The molecule has 1 heterocycles. The van der Waals surface area contributed by atoms with Crippen LogP contribution in [-0.4, -0.2) is 27.1 Å². The Morgan fingerprint density at radius 1 is 1.14 bits per heavy atom. The summed E-state index contributed by atoms with van der Waals surface area (Å²) in [7, 11) is 0. The molecule has 1 aromatic heterocycles. The first kappa shape index (κ1) is 14.4. The highest BCUT2D eigenvalue weighted by Gasteiger charge is 2.36. The number of nitrogens with zero attached hydrogens (tertiary/aromatic N) is 2. The molecule has 7 heteroatoms. The van der Waals surface area contributed by atoms with E-state index in [1.165, 1.54) is 25.6 Å². The third kappa shape index (κ3) is 3.33. The standard InChI is InChI=1S/C14H14N4O3/c1-14(12(19)20,10-5-3-2-4-6-10)18-13(21)17-11-7-15-9-16-8-11/h2-9H,1H3,(H,19,20)(H2,17,18,21). The molecule has 2 aromatic rings. The molecule has 0 spiro atoms. The number of carboxylic acid groups (broad SMARTS) is 1. The number of aromatic nitrogens is 2. The van der Waals surface area contributed by atoms with Gasteiger partial charge in [-0.2, -0.15) is 0 Å². The molecule has 0 fully saturated rings. The first-order valence-corrected chi connectivity index (χ1v) is 6.15. The third-order valence-electron chi connectivity index (χ3n) is 2.96. The molecular weight excluding hydrogens is 272 g/mol. The van der Waals surface area contributed by atoms with Crippen molar-refractivity contribution in [2.24, 2.45) is 0 Å². The quantitative estimate of drug-likeness (QED) is 0.792. The summed E-state index contributed by atoms with van der Waals surface area (Å²) in [5.74, 6) is -1.16.